The van der Waals surface area contributed by atoms with Crippen molar-refractivity contribution in [1.29, 1.82) is 0 Å². The van der Waals surface area contributed by atoms with Crippen molar-refractivity contribution in [1.82, 2.24) is 10.2 Å². The number of rotatable bonds is 7. The first-order chi connectivity index (χ1) is 11.1. The third kappa shape index (κ3) is 6.10. The quantitative estimate of drug-likeness (QED) is 0.745. The Labute approximate surface area is 138 Å². The summed E-state index contributed by atoms with van der Waals surface area (Å²) < 4.78 is 39.0. The summed E-state index contributed by atoms with van der Waals surface area (Å²) in [5.41, 5.74) is -0.574. The molecule has 0 aliphatic carbocycles. The summed E-state index contributed by atoms with van der Waals surface area (Å²) in [5, 5.41) is 11.1. The molecule has 0 aliphatic heterocycles. The number of carboxylic acids is 1. The van der Waals surface area contributed by atoms with Gasteiger partial charge < -0.3 is 15.3 Å². The molecule has 0 fully saturated rings. The van der Waals surface area contributed by atoms with Crippen molar-refractivity contribution < 1.29 is 27.9 Å². The van der Waals surface area contributed by atoms with Crippen LogP contribution in [-0.4, -0.2) is 41.6 Å². The molecule has 134 valence electrons. The van der Waals surface area contributed by atoms with E-state index in [2.05, 4.69) is 5.32 Å². The van der Waals surface area contributed by atoms with Gasteiger partial charge in [0.05, 0.1) is 5.56 Å². The topological polar surface area (TPSA) is 69.6 Å². The molecule has 0 aromatic heterocycles. The number of hydrogen-bond acceptors (Lipinski definition) is 2. The molecule has 24 heavy (non-hydrogen) atoms. The van der Waals surface area contributed by atoms with E-state index in [0.717, 1.165) is 6.07 Å². The van der Waals surface area contributed by atoms with Gasteiger partial charge in [-0.2, -0.15) is 13.2 Å². The molecule has 5 nitrogen and oxygen atoms in total. The number of carboxylic acid groups (broad SMARTS) is 1. The summed E-state index contributed by atoms with van der Waals surface area (Å²) in [6, 6.07) is 4.38. The Hall–Kier alpha value is -2.25. The van der Waals surface area contributed by atoms with Crippen LogP contribution in [0.3, 0.4) is 0 Å². The second-order valence-corrected chi connectivity index (χ2v) is 5.55. The molecule has 2 amide bonds. The first-order valence-electron chi connectivity index (χ1n) is 7.50. The van der Waals surface area contributed by atoms with Gasteiger partial charge in [0.25, 0.3) is 0 Å². The van der Waals surface area contributed by atoms with Crippen LogP contribution in [0.1, 0.15) is 30.9 Å². The normalized spacial score (nSPS) is 12.5. The smallest absolute Gasteiger partial charge is 0.416 e. The zero-order valence-electron chi connectivity index (χ0n) is 13.6. The van der Waals surface area contributed by atoms with Crippen molar-refractivity contribution in [2.45, 2.75) is 38.4 Å². The van der Waals surface area contributed by atoms with Gasteiger partial charge in [0.2, 0.25) is 0 Å². The molecule has 0 heterocycles. The van der Waals surface area contributed by atoms with Gasteiger partial charge in [-0.05, 0) is 31.4 Å². The third-order valence-electron chi connectivity index (χ3n) is 3.66. The van der Waals surface area contributed by atoms with Crippen LogP contribution in [0.25, 0.3) is 0 Å². The van der Waals surface area contributed by atoms with Crippen molar-refractivity contribution in [3.63, 3.8) is 0 Å². The van der Waals surface area contributed by atoms with E-state index in [1.807, 2.05) is 0 Å². The number of carbonyl (C=O) groups is 2. The molecule has 0 bridgehead atoms. The predicted molar refractivity (Wildman–Crippen MR) is 82.6 cm³/mol. The van der Waals surface area contributed by atoms with Gasteiger partial charge >= 0.3 is 18.2 Å². The first-order valence-corrected chi connectivity index (χ1v) is 7.50. The highest BCUT2D eigenvalue weighted by atomic mass is 19.4. The van der Waals surface area contributed by atoms with Crippen LogP contribution in [0, 0.1) is 0 Å². The van der Waals surface area contributed by atoms with Gasteiger partial charge in [0.15, 0.2) is 0 Å². The van der Waals surface area contributed by atoms with E-state index in [9.17, 15) is 22.8 Å². The minimum absolute atomic E-state index is 0.0570. The minimum Gasteiger partial charge on any atom is -0.481 e. The molecule has 0 saturated carbocycles. The highest BCUT2D eigenvalue weighted by molar-refractivity contribution is 5.74. The predicted octanol–water partition coefficient (Wildman–Crippen LogP) is 3.14. The summed E-state index contributed by atoms with van der Waals surface area (Å²) in [5.74, 6) is -0.949. The Bertz CT molecular complexity index is 576. The molecule has 0 saturated heterocycles. The number of alkyl halides is 3. The fourth-order valence-electron chi connectivity index (χ4n) is 2.19. The van der Waals surface area contributed by atoms with Crippen LogP contribution in [0.4, 0.5) is 18.0 Å². The lowest BCUT2D eigenvalue weighted by Gasteiger charge is -2.26. The molecule has 1 unspecified atom stereocenters. The van der Waals surface area contributed by atoms with E-state index in [0.29, 0.717) is 6.42 Å². The average Bonchev–Trinajstić information content (AvgIpc) is 2.49. The molecular formula is C16H21F3N2O3. The second kappa shape index (κ2) is 8.56. The zero-order chi connectivity index (χ0) is 18.3. The van der Waals surface area contributed by atoms with Gasteiger partial charge in [0.1, 0.15) is 0 Å². The van der Waals surface area contributed by atoms with E-state index in [-0.39, 0.29) is 24.9 Å². The fraction of sp³-hybridized carbons (Fsp3) is 0.500. The summed E-state index contributed by atoms with van der Waals surface area (Å²) in [7, 11) is 1.49. The number of benzene rings is 1. The third-order valence-corrected chi connectivity index (χ3v) is 3.66. The first kappa shape index (κ1) is 19.8. The van der Waals surface area contributed by atoms with E-state index >= 15 is 0 Å². The number of nitrogens with zero attached hydrogens (tertiary/aromatic N) is 1. The molecular weight excluding hydrogens is 325 g/mol. The van der Waals surface area contributed by atoms with E-state index in [1.54, 1.807) is 6.92 Å². The number of amides is 2. The number of aliphatic carboxylic acids is 1. The lowest BCUT2D eigenvalue weighted by atomic mass is 10.00. The summed E-state index contributed by atoms with van der Waals surface area (Å²) in [6.45, 7) is 1.85. The standard InChI is InChI=1S/C16H21F3N2O3/c1-11(21(2)15(24)20-9-5-8-14(22)23)10-12-6-3-4-7-13(12)16(17,18)19/h3-4,6-7,11H,5,8-10H2,1-2H3,(H,20,24)(H,22,23). The van der Waals surface area contributed by atoms with Crippen LogP contribution in [0.5, 0.6) is 0 Å². The summed E-state index contributed by atoms with van der Waals surface area (Å²) >= 11 is 0. The average molecular weight is 346 g/mol. The van der Waals surface area contributed by atoms with E-state index in [1.165, 1.54) is 30.1 Å². The zero-order valence-corrected chi connectivity index (χ0v) is 13.6. The van der Waals surface area contributed by atoms with Gasteiger partial charge in [-0.25, -0.2) is 4.79 Å². The Morgan fingerprint density at radius 2 is 1.92 bits per heavy atom. The highest BCUT2D eigenvalue weighted by Crippen LogP contribution is 2.32. The Morgan fingerprint density at radius 3 is 2.50 bits per heavy atom. The van der Waals surface area contributed by atoms with Crippen LogP contribution in [0.15, 0.2) is 24.3 Å². The van der Waals surface area contributed by atoms with Crippen molar-refractivity contribution >= 4 is 12.0 Å². The molecule has 8 heteroatoms. The molecule has 1 rings (SSSR count). The molecule has 1 atom stereocenters. The van der Waals surface area contributed by atoms with Crippen LogP contribution in [0.2, 0.25) is 0 Å². The van der Waals surface area contributed by atoms with Crippen LogP contribution >= 0.6 is 0 Å². The maximum absolute atomic E-state index is 13.0. The lowest BCUT2D eigenvalue weighted by Crippen LogP contribution is -2.43. The fourth-order valence-corrected chi connectivity index (χ4v) is 2.19. The van der Waals surface area contributed by atoms with E-state index < -0.39 is 29.8 Å². The largest absolute Gasteiger partial charge is 0.481 e. The Balaban J connectivity index is 2.63. The Kier molecular flexibility index (Phi) is 7.06. The maximum atomic E-state index is 13.0. The number of urea groups is 1. The Morgan fingerprint density at radius 1 is 1.29 bits per heavy atom. The van der Waals surface area contributed by atoms with Gasteiger partial charge in [-0.3, -0.25) is 4.79 Å². The monoisotopic (exact) mass is 346 g/mol. The number of nitrogens with one attached hydrogen (secondary N) is 1. The number of hydrogen-bond donors (Lipinski definition) is 2. The van der Waals surface area contributed by atoms with Crippen molar-refractivity contribution in [2.24, 2.45) is 0 Å². The minimum atomic E-state index is -4.44. The van der Waals surface area contributed by atoms with E-state index in [4.69, 9.17) is 5.11 Å². The lowest BCUT2D eigenvalue weighted by molar-refractivity contribution is -0.138. The second-order valence-electron chi connectivity index (χ2n) is 5.55. The number of likely N-dealkylation sites (N-methyl/N-ethyl adjacent to an activating group) is 1. The van der Waals surface area contributed by atoms with Gasteiger partial charge in [-0.1, -0.05) is 18.2 Å². The van der Waals surface area contributed by atoms with Gasteiger partial charge in [-0.15, -0.1) is 0 Å². The maximum Gasteiger partial charge on any atom is 0.416 e. The molecule has 0 aliphatic rings. The summed E-state index contributed by atoms with van der Waals surface area (Å²) in [6.07, 6.45) is -4.14. The molecule has 2 N–H and O–H groups in total. The van der Waals surface area contributed by atoms with Crippen LogP contribution in [-0.2, 0) is 17.4 Å². The van der Waals surface area contributed by atoms with Crippen molar-refractivity contribution in [3.05, 3.63) is 35.4 Å². The highest BCUT2D eigenvalue weighted by Gasteiger charge is 2.33. The molecule has 0 radical (unpaired) electrons. The number of carbonyl (C=O) groups excluding carboxylic acids is 1. The molecule has 1 aromatic carbocycles. The molecule has 0 spiro atoms. The van der Waals surface area contributed by atoms with Crippen molar-refractivity contribution in [2.75, 3.05) is 13.6 Å². The summed E-state index contributed by atoms with van der Waals surface area (Å²) in [4.78, 5) is 23.6. The van der Waals surface area contributed by atoms with Crippen molar-refractivity contribution in [3.8, 4) is 0 Å². The number of halogens is 3. The SMILES string of the molecule is CC(Cc1ccccc1C(F)(F)F)N(C)C(=O)NCCCC(=O)O. The van der Waals surface area contributed by atoms with Crippen LogP contribution < -0.4 is 5.32 Å². The van der Waals surface area contributed by atoms with Gasteiger partial charge in [0, 0.05) is 26.1 Å². The molecule has 1 aromatic rings.